The number of pyridine rings is 1. The van der Waals surface area contributed by atoms with Gasteiger partial charge in [-0.15, -0.1) is 6.58 Å². The van der Waals surface area contributed by atoms with E-state index < -0.39 is 23.5 Å². The van der Waals surface area contributed by atoms with Crippen LogP contribution in [0.3, 0.4) is 0 Å². The Morgan fingerprint density at radius 2 is 1.90 bits per heavy atom. The number of carboxylic acid groups (broad SMARTS) is 1. The quantitative estimate of drug-likeness (QED) is 0.198. The van der Waals surface area contributed by atoms with Crippen LogP contribution in [0.1, 0.15) is 66.6 Å². The summed E-state index contributed by atoms with van der Waals surface area (Å²) in [7, 11) is 0. The summed E-state index contributed by atoms with van der Waals surface area (Å²) < 4.78 is 41.7. The predicted molar refractivity (Wildman–Crippen MR) is 153 cm³/mol. The summed E-state index contributed by atoms with van der Waals surface area (Å²) in [6, 6.07) is 10.2. The number of aromatic nitrogens is 5. The van der Waals surface area contributed by atoms with E-state index in [2.05, 4.69) is 26.8 Å². The topological polar surface area (TPSA) is 109 Å². The van der Waals surface area contributed by atoms with Gasteiger partial charge in [-0.1, -0.05) is 30.7 Å². The van der Waals surface area contributed by atoms with E-state index in [-0.39, 0.29) is 24.3 Å². The maximum Gasteiger partial charge on any atom is 0.416 e. The molecule has 12 heteroatoms. The molecule has 3 aromatic heterocycles. The van der Waals surface area contributed by atoms with Gasteiger partial charge in [-0.25, -0.2) is 14.8 Å². The lowest BCUT2D eigenvalue weighted by molar-refractivity contribution is -0.137. The van der Waals surface area contributed by atoms with Gasteiger partial charge in [0.15, 0.2) is 11.5 Å². The first-order valence-electron chi connectivity index (χ1n) is 13.8. The number of fused-ring (bicyclic) bond motifs is 1. The van der Waals surface area contributed by atoms with Crippen molar-refractivity contribution in [3.05, 3.63) is 84.0 Å². The summed E-state index contributed by atoms with van der Waals surface area (Å²) in [5, 5.41) is 13.2. The van der Waals surface area contributed by atoms with E-state index >= 15 is 0 Å². The highest BCUT2D eigenvalue weighted by Crippen LogP contribution is 2.36. The van der Waals surface area contributed by atoms with Gasteiger partial charge in [0.1, 0.15) is 5.52 Å². The van der Waals surface area contributed by atoms with Crippen LogP contribution >= 0.6 is 0 Å². The molecule has 2 atom stereocenters. The molecule has 9 nitrogen and oxygen atoms in total. The second-order valence-corrected chi connectivity index (χ2v) is 10.6. The zero-order valence-corrected chi connectivity index (χ0v) is 23.3. The van der Waals surface area contributed by atoms with Crippen LogP contribution in [-0.2, 0) is 12.7 Å². The molecule has 0 radical (unpaired) electrons. The summed E-state index contributed by atoms with van der Waals surface area (Å²) >= 11 is 0. The van der Waals surface area contributed by atoms with Crippen LogP contribution in [0.2, 0.25) is 0 Å². The van der Waals surface area contributed by atoms with Crippen molar-refractivity contribution in [2.45, 2.75) is 57.9 Å². The number of carboxylic acids is 1. The summed E-state index contributed by atoms with van der Waals surface area (Å²) in [6.07, 6.45) is 2.19. The van der Waals surface area contributed by atoms with Crippen LogP contribution in [0, 0.1) is 5.92 Å². The molecular formula is C30H32F3N7O2. The number of hydrogen-bond donors (Lipinski definition) is 2. The lowest BCUT2D eigenvalue weighted by atomic mass is 9.80. The minimum Gasteiger partial charge on any atom is -0.475 e. The molecule has 2 unspecified atom stereocenters. The maximum absolute atomic E-state index is 13.3. The highest BCUT2D eigenvalue weighted by molar-refractivity contribution is 5.91. The molecule has 0 bridgehead atoms. The van der Waals surface area contributed by atoms with E-state index in [1.54, 1.807) is 12.3 Å². The SMILES string of the molecule is C=CCN(c1nc2nc(C(=O)O)nc(NC(C)C3CCC3)c2n1Cc1ccc(C(F)(F)F)cc1)C(C)c1ccccn1. The summed E-state index contributed by atoms with van der Waals surface area (Å²) in [4.78, 5) is 31.9. The summed E-state index contributed by atoms with van der Waals surface area (Å²) in [6.45, 7) is 8.39. The van der Waals surface area contributed by atoms with Gasteiger partial charge in [-0.2, -0.15) is 18.2 Å². The van der Waals surface area contributed by atoms with Gasteiger partial charge in [0.25, 0.3) is 0 Å². The molecular weight excluding hydrogens is 547 g/mol. The van der Waals surface area contributed by atoms with Crippen molar-refractivity contribution < 1.29 is 23.1 Å². The number of rotatable bonds is 11. The first-order chi connectivity index (χ1) is 20.1. The first-order valence-corrected chi connectivity index (χ1v) is 13.8. The fraction of sp³-hybridized carbons (Fsp3) is 0.367. The minimum absolute atomic E-state index is 0.00749. The molecule has 1 aliphatic carbocycles. The smallest absolute Gasteiger partial charge is 0.416 e. The third-order valence-corrected chi connectivity index (χ3v) is 7.78. The van der Waals surface area contributed by atoms with E-state index in [1.807, 2.05) is 41.5 Å². The largest absolute Gasteiger partial charge is 0.475 e. The third kappa shape index (κ3) is 5.93. The molecule has 5 rings (SSSR count). The van der Waals surface area contributed by atoms with E-state index in [4.69, 9.17) is 4.98 Å². The van der Waals surface area contributed by atoms with Crippen molar-refractivity contribution >= 4 is 28.9 Å². The molecule has 0 amide bonds. The molecule has 42 heavy (non-hydrogen) atoms. The van der Waals surface area contributed by atoms with Crippen molar-refractivity contribution in [1.82, 2.24) is 24.5 Å². The van der Waals surface area contributed by atoms with Crippen molar-refractivity contribution in [3.8, 4) is 0 Å². The second kappa shape index (κ2) is 11.8. The molecule has 1 aromatic carbocycles. The Bertz CT molecular complexity index is 1570. The fourth-order valence-corrected chi connectivity index (χ4v) is 5.18. The molecule has 3 heterocycles. The average molecular weight is 580 g/mol. The Hall–Kier alpha value is -4.48. The Morgan fingerprint density at radius 1 is 1.17 bits per heavy atom. The van der Waals surface area contributed by atoms with E-state index in [9.17, 15) is 23.1 Å². The van der Waals surface area contributed by atoms with Gasteiger partial charge < -0.3 is 19.9 Å². The van der Waals surface area contributed by atoms with Crippen molar-refractivity contribution in [2.24, 2.45) is 5.92 Å². The number of carbonyl (C=O) groups is 1. The maximum atomic E-state index is 13.3. The normalized spacial score (nSPS) is 15.2. The summed E-state index contributed by atoms with van der Waals surface area (Å²) in [5.74, 6) is -0.536. The lowest BCUT2D eigenvalue weighted by Gasteiger charge is -2.32. The molecule has 1 aliphatic rings. The van der Waals surface area contributed by atoms with E-state index in [0.29, 0.717) is 35.3 Å². The van der Waals surface area contributed by atoms with Gasteiger partial charge in [0, 0.05) is 18.8 Å². The Morgan fingerprint density at radius 3 is 2.48 bits per heavy atom. The van der Waals surface area contributed by atoms with Crippen LogP contribution in [0.5, 0.6) is 0 Å². The molecule has 0 saturated heterocycles. The van der Waals surface area contributed by atoms with Crippen LogP contribution in [0.25, 0.3) is 11.2 Å². The molecule has 4 aromatic rings. The number of nitrogens with one attached hydrogen (secondary N) is 1. The average Bonchev–Trinajstić information content (AvgIpc) is 3.28. The van der Waals surface area contributed by atoms with Gasteiger partial charge in [-0.3, -0.25) is 4.98 Å². The van der Waals surface area contributed by atoms with Gasteiger partial charge in [0.2, 0.25) is 11.8 Å². The summed E-state index contributed by atoms with van der Waals surface area (Å²) in [5.41, 5.74) is 1.23. The molecule has 0 spiro atoms. The van der Waals surface area contributed by atoms with Crippen LogP contribution in [0.4, 0.5) is 24.9 Å². The standard InChI is InChI=1S/C30H32F3N7O2/c1-4-16-39(19(3)23-10-5-6-15-34-23)29-38-26-24(40(29)17-20-11-13-22(14-12-20)30(31,32)33)25(36-27(37-26)28(41)42)35-18(2)21-8-7-9-21/h4-6,10-15,18-19,21H,1,7-9,16-17H2,2-3H3,(H,41,42)(H,35,36,37). The predicted octanol–water partition coefficient (Wildman–Crippen LogP) is 6.34. The van der Waals surface area contributed by atoms with Crippen molar-refractivity contribution in [2.75, 3.05) is 16.8 Å². The number of benzene rings is 1. The van der Waals surface area contributed by atoms with Crippen molar-refractivity contribution in [1.29, 1.82) is 0 Å². The molecule has 220 valence electrons. The number of hydrogen-bond acceptors (Lipinski definition) is 7. The van der Waals surface area contributed by atoms with Crippen LogP contribution in [-0.4, -0.2) is 48.2 Å². The first kappa shape index (κ1) is 29.0. The number of aromatic carboxylic acids is 1. The Balaban J connectivity index is 1.69. The molecule has 0 aliphatic heterocycles. The lowest BCUT2D eigenvalue weighted by Crippen LogP contribution is -2.32. The number of nitrogens with zero attached hydrogens (tertiary/aromatic N) is 6. The van der Waals surface area contributed by atoms with E-state index in [0.717, 1.165) is 37.1 Å². The highest BCUT2D eigenvalue weighted by atomic mass is 19.4. The Labute approximate surface area is 241 Å². The monoisotopic (exact) mass is 579 g/mol. The minimum atomic E-state index is -4.46. The van der Waals surface area contributed by atoms with Crippen LogP contribution < -0.4 is 10.2 Å². The number of alkyl halides is 3. The van der Waals surface area contributed by atoms with Gasteiger partial charge in [-0.05, 0) is 62.4 Å². The molecule has 1 fully saturated rings. The number of anilines is 2. The molecule has 1 saturated carbocycles. The molecule has 2 N–H and O–H groups in total. The number of imidazole rings is 1. The zero-order chi connectivity index (χ0) is 30.0. The van der Waals surface area contributed by atoms with Crippen molar-refractivity contribution in [3.63, 3.8) is 0 Å². The third-order valence-electron chi connectivity index (χ3n) is 7.78. The van der Waals surface area contributed by atoms with Gasteiger partial charge >= 0.3 is 12.1 Å². The fourth-order valence-electron chi connectivity index (χ4n) is 5.18. The van der Waals surface area contributed by atoms with Gasteiger partial charge in [0.05, 0.1) is 23.8 Å². The van der Waals surface area contributed by atoms with E-state index in [1.165, 1.54) is 12.1 Å². The number of halogens is 3. The zero-order valence-electron chi connectivity index (χ0n) is 23.3. The second-order valence-electron chi connectivity index (χ2n) is 10.6. The Kier molecular flexibility index (Phi) is 8.15. The highest BCUT2D eigenvalue weighted by Gasteiger charge is 2.31. The van der Waals surface area contributed by atoms with Crippen LogP contribution in [0.15, 0.2) is 61.3 Å².